The molecular weight excluding hydrogens is 489 g/mol. The van der Waals surface area contributed by atoms with E-state index < -0.39 is 0 Å². The fourth-order valence-corrected chi connectivity index (χ4v) is 4.68. The van der Waals surface area contributed by atoms with Gasteiger partial charge in [-0.3, -0.25) is 9.39 Å². The van der Waals surface area contributed by atoms with Gasteiger partial charge in [0.1, 0.15) is 5.82 Å². The highest BCUT2D eigenvalue weighted by atomic mass is 127. The number of nitrogens with one attached hydrogen (secondary N) is 2. The molecule has 1 aliphatic heterocycles. The van der Waals surface area contributed by atoms with E-state index in [0.717, 1.165) is 55.8 Å². The van der Waals surface area contributed by atoms with Crippen molar-refractivity contribution < 1.29 is 0 Å². The zero-order valence-electron chi connectivity index (χ0n) is 18.1. The molecule has 0 radical (unpaired) electrons. The number of hydrogen-bond donors (Lipinski definition) is 2. The van der Waals surface area contributed by atoms with Crippen LogP contribution in [0.1, 0.15) is 51.3 Å². The molecule has 1 saturated carbocycles. The molecule has 166 valence electrons. The van der Waals surface area contributed by atoms with E-state index in [1.165, 1.54) is 45.2 Å². The Morgan fingerprint density at radius 1 is 1.20 bits per heavy atom. The molecule has 4 rings (SSSR count). The molecule has 1 aliphatic carbocycles. The van der Waals surface area contributed by atoms with Gasteiger partial charge in [0, 0.05) is 51.4 Å². The first-order valence-corrected chi connectivity index (χ1v) is 11.4. The van der Waals surface area contributed by atoms with Crippen molar-refractivity contribution >= 4 is 35.6 Å². The molecule has 1 atom stereocenters. The third-order valence-corrected chi connectivity index (χ3v) is 6.16. The van der Waals surface area contributed by atoms with Crippen LogP contribution in [0.5, 0.6) is 0 Å². The molecule has 2 aromatic rings. The van der Waals surface area contributed by atoms with E-state index in [2.05, 4.69) is 37.1 Å². The van der Waals surface area contributed by atoms with Gasteiger partial charge in [-0.05, 0) is 50.7 Å². The van der Waals surface area contributed by atoms with Gasteiger partial charge in [-0.25, -0.2) is 0 Å². The number of aliphatic imine (C=N–C) groups is 1. The lowest BCUT2D eigenvalue weighted by atomic mass is 10.1. The van der Waals surface area contributed by atoms with Crippen molar-refractivity contribution in [1.29, 1.82) is 0 Å². The summed E-state index contributed by atoms with van der Waals surface area (Å²) in [5, 5.41) is 15.6. The van der Waals surface area contributed by atoms with Gasteiger partial charge in [-0.2, -0.15) is 0 Å². The molecule has 8 heteroatoms. The highest BCUT2D eigenvalue weighted by Crippen LogP contribution is 2.26. The Morgan fingerprint density at radius 2 is 2.07 bits per heavy atom. The summed E-state index contributed by atoms with van der Waals surface area (Å²) in [5.74, 6) is 2.89. The Labute approximate surface area is 197 Å². The van der Waals surface area contributed by atoms with Gasteiger partial charge < -0.3 is 15.5 Å². The first-order chi connectivity index (χ1) is 14.3. The van der Waals surface area contributed by atoms with Crippen LogP contribution in [-0.4, -0.2) is 64.2 Å². The quantitative estimate of drug-likeness (QED) is 0.240. The molecule has 3 heterocycles. The number of hydrogen-bond acceptors (Lipinski definition) is 4. The molecule has 1 unspecified atom stereocenters. The molecule has 30 heavy (non-hydrogen) atoms. The fraction of sp³-hybridized carbons (Fsp3) is 0.682. The molecule has 2 aliphatic rings. The van der Waals surface area contributed by atoms with E-state index in [1.54, 1.807) is 0 Å². The maximum absolute atomic E-state index is 4.80. The summed E-state index contributed by atoms with van der Waals surface area (Å²) in [6.07, 6.45) is 10.8. The predicted octanol–water partition coefficient (Wildman–Crippen LogP) is 3.10. The normalized spacial score (nSPS) is 20.6. The summed E-state index contributed by atoms with van der Waals surface area (Å²) >= 11 is 0. The van der Waals surface area contributed by atoms with Crippen LogP contribution in [0.25, 0.3) is 5.65 Å². The van der Waals surface area contributed by atoms with Gasteiger partial charge in [0.05, 0.1) is 0 Å². The second kappa shape index (κ2) is 11.8. The van der Waals surface area contributed by atoms with E-state index in [4.69, 9.17) is 4.99 Å². The topological polar surface area (TPSA) is 69.8 Å². The minimum Gasteiger partial charge on any atom is -0.357 e. The van der Waals surface area contributed by atoms with E-state index in [0.29, 0.717) is 6.04 Å². The predicted molar refractivity (Wildman–Crippen MR) is 133 cm³/mol. The van der Waals surface area contributed by atoms with Crippen LogP contribution in [0, 0.1) is 5.92 Å². The Hall–Kier alpha value is -1.42. The van der Waals surface area contributed by atoms with Crippen LogP contribution in [0.4, 0.5) is 0 Å². The molecule has 1 saturated heterocycles. The number of pyridine rings is 1. The van der Waals surface area contributed by atoms with Crippen LogP contribution < -0.4 is 10.6 Å². The zero-order valence-corrected chi connectivity index (χ0v) is 20.4. The second-order valence-corrected chi connectivity index (χ2v) is 8.45. The van der Waals surface area contributed by atoms with Crippen molar-refractivity contribution in [2.75, 3.05) is 32.7 Å². The summed E-state index contributed by atoms with van der Waals surface area (Å²) in [6, 6.07) is 6.50. The molecule has 7 nitrogen and oxygen atoms in total. The summed E-state index contributed by atoms with van der Waals surface area (Å²) < 4.78 is 2.06. The van der Waals surface area contributed by atoms with E-state index in [1.807, 2.05) is 24.4 Å². The number of nitrogens with zero attached hydrogens (tertiary/aromatic N) is 5. The minimum absolute atomic E-state index is 0. The maximum atomic E-state index is 4.80. The van der Waals surface area contributed by atoms with E-state index >= 15 is 0 Å². The van der Waals surface area contributed by atoms with E-state index in [-0.39, 0.29) is 24.0 Å². The molecule has 0 amide bonds. The number of halogens is 1. The summed E-state index contributed by atoms with van der Waals surface area (Å²) in [6.45, 7) is 7.45. The average Bonchev–Trinajstić information content (AvgIpc) is 3.48. The highest BCUT2D eigenvalue weighted by molar-refractivity contribution is 14.0. The van der Waals surface area contributed by atoms with Crippen LogP contribution >= 0.6 is 24.0 Å². The van der Waals surface area contributed by atoms with Crippen LogP contribution in [-0.2, 0) is 6.42 Å². The van der Waals surface area contributed by atoms with Gasteiger partial charge in [-0.1, -0.05) is 18.9 Å². The first kappa shape index (κ1) is 23.2. The van der Waals surface area contributed by atoms with Crippen LogP contribution in [0.15, 0.2) is 29.4 Å². The van der Waals surface area contributed by atoms with Crippen molar-refractivity contribution in [2.45, 2.75) is 57.9 Å². The highest BCUT2D eigenvalue weighted by Gasteiger charge is 2.26. The maximum Gasteiger partial charge on any atom is 0.191 e. The lowest BCUT2D eigenvalue weighted by Gasteiger charge is -2.21. The van der Waals surface area contributed by atoms with Gasteiger partial charge in [0.25, 0.3) is 0 Å². The van der Waals surface area contributed by atoms with Gasteiger partial charge >= 0.3 is 0 Å². The number of aromatic nitrogens is 3. The SMILES string of the molecule is CCNC(=NCCCc1nnc2ccccn12)NC1CCN(CC2CCCC2)C1.I. The monoisotopic (exact) mass is 525 g/mol. The Morgan fingerprint density at radius 3 is 2.90 bits per heavy atom. The average molecular weight is 525 g/mol. The lowest BCUT2D eigenvalue weighted by molar-refractivity contribution is 0.275. The van der Waals surface area contributed by atoms with Crippen LogP contribution in [0.2, 0.25) is 0 Å². The molecule has 2 aromatic heterocycles. The Kier molecular flexibility index (Phi) is 9.17. The summed E-state index contributed by atoms with van der Waals surface area (Å²) in [5.41, 5.74) is 0.907. The number of fused-ring (bicyclic) bond motifs is 1. The number of rotatable bonds is 8. The van der Waals surface area contributed by atoms with Gasteiger partial charge in [0.2, 0.25) is 0 Å². The van der Waals surface area contributed by atoms with Crippen molar-refractivity contribution in [1.82, 2.24) is 30.1 Å². The first-order valence-electron chi connectivity index (χ1n) is 11.4. The second-order valence-electron chi connectivity index (χ2n) is 8.45. The van der Waals surface area contributed by atoms with Gasteiger partial charge in [0.15, 0.2) is 11.6 Å². The van der Waals surface area contributed by atoms with Crippen molar-refractivity contribution in [3.05, 3.63) is 30.2 Å². The van der Waals surface area contributed by atoms with E-state index in [9.17, 15) is 0 Å². The molecule has 0 aromatic carbocycles. The standard InChI is InChI=1S/C22H35N7.HI/c1-2-23-22(25-19-12-15-28(17-19)16-18-8-3-4-9-18)24-13-7-11-21-27-26-20-10-5-6-14-29(20)21;/h5-6,10,14,18-19H,2-4,7-9,11-13,15-17H2,1H3,(H2,23,24,25);1H. The summed E-state index contributed by atoms with van der Waals surface area (Å²) in [4.78, 5) is 7.45. The Balaban J connectivity index is 0.00000256. The third kappa shape index (κ3) is 6.29. The minimum atomic E-state index is 0. The fourth-order valence-electron chi connectivity index (χ4n) is 4.68. The molecule has 0 spiro atoms. The van der Waals surface area contributed by atoms with Crippen LogP contribution in [0.3, 0.4) is 0 Å². The number of aryl methyl sites for hydroxylation is 1. The lowest BCUT2D eigenvalue weighted by Crippen LogP contribution is -2.44. The number of guanidine groups is 1. The van der Waals surface area contributed by atoms with Crippen molar-refractivity contribution in [3.63, 3.8) is 0 Å². The largest absolute Gasteiger partial charge is 0.357 e. The smallest absolute Gasteiger partial charge is 0.191 e. The van der Waals surface area contributed by atoms with Crippen molar-refractivity contribution in [3.8, 4) is 0 Å². The molecule has 2 N–H and O–H groups in total. The molecule has 2 fully saturated rings. The molecular formula is C22H36IN7. The third-order valence-electron chi connectivity index (χ3n) is 6.16. The summed E-state index contributed by atoms with van der Waals surface area (Å²) in [7, 11) is 0. The van der Waals surface area contributed by atoms with Gasteiger partial charge in [-0.15, -0.1) is 34.2 Å². The Bertz CT molecular complexity index is 800. The zero-order chi connectivity index (χ0) is 19.9. The number of likely N-dealkylation sites (tertiary alicyclic amines) is 1. The molecule has 0 bridgehead atoms. The van der Waals surface area contributed by atoms with Crippen molar-refractivity contribution in [2.24, 2.45) is 10.9 Å².